The largest absolute Gasteiger partial charge is 0.497 e. The van der Waals surface area contributed by atoms with Crippen LogP contribution < -0.4 is 4.74 Å². The number of carbonyl (C=O) groups excluding carboxylic acids is 1. The SMILES string of the molecule is COc1ccc(C=C(C#N)C(=O)OC[C@@H]2CCCN3CCCC[C@H]23)cc1. The van der Waals surface area contributed by atoms with Crippen molar-refractivity contribution in [1.82, 2.24) is 4.90 Å². The van der Waals surface area contributed by atoms with Crippen molar-refractivity contribution in [2.75, 3.05) is 26.8 Å². The molecule has 0 unspecified atom stereocenters. The summed E-state index contributed by atoms with van der Waals surface area (Å²) in [6.45, 7) is 2.73. The summed E-state index contributed by atoms with van der Waals surface area (Å²) in [5.41, 5.74) is 0.807. The van der Waals surface area contributed by atoms with Crippen LogP contribution in [-0.4, -0.2) is 43.7 Å². The number of fused-ring (bicyclic) bond motifs is 1. The summed E-state index contributed by atoms with van der Waals surface area (Å²) in [5, 5.41) is 9.33. The number of esters is 1. The van der Waals surface area contributed by atoms with Gasteiger partial charge < -0.3 is 9.47 Å². The minimum absolute atomic E-state index is 0.0338. The first-order chi connectivity index (χ1) is 12.7. The number of nitriles is 1. The fourth-order valence-corrected chi connectivity index (χ4v) is 4.04. The molecule has 2 aliphatic rings. The van der Waals surface area contributed by atoms with Gasteiger partial charge in [-0.1, -0.05) is 18.6 Å². The number of rotatable bonds is 5. The zero-order chi connectivity index (χ0) is 18.4. The Kier molecular flexibility index (Phi) is 6.30. The first-order valence-electron chi connectivity index (χ1n) is 9.38. The third-order valence-electron chi connectivity index (χ3n) is 5.42. The molecule has 1 aromatic rings. The lowest BCUT2D eigenvalue weighted by Gasteiger charge is -2.44. The van der Waals surface area contributed by atoms with E-state index in [0.717, 1.165) is 37.2 Å². The Bertz CT molecular complexity index is 688. The summed E-state index contributed by atoms with van der Waals surface area (Å²) in [5.74, 6) is 0.586. The van der Waals surface area contributed by atoms with Gasteiger partial charge in [-0.3, -0.25) is 4.90 Å². The summed E-state index contributed by atoms with van der Waals surface area (Å²) in [7, 11) is 1.60. The van der Waals surface area contributed by atoms with E-state index in [4.69, 9.17) is 9.47 Å². The highest BCUT2D eigenvalue weighted by Gasteiger charge is 2.33. The van der Waals surface area contributed by atoms with E-state index in [-0.39, 0.29) is 5.57 Å². The van der Waals surface area contributed by atoms with Crippen molar-refractivity contribution in [1.29, 1.82) is 5.26 Å². The van der Waals surface area contributed by atoms with Gasteiger partial charge in [0.25, 0.3) is 0 Å². The Hall–Kier alpha value is -2.32. The Labute approximate surface area is 155 Å². The topological polar surface area (TPSA) is 62.6 Å². The minimum atomic E-state index is -0.531. The second-order valence-corrected chi connectivity index (χ2v) is 7.04. The minimum Gasteiger partial charge on any atom is -0.497 e. The summed E-state index contributed by atoms with van der Waals surface area (Å²) >= 11 is 0. The van der Waals surface area contributed by atoms with E-state index in [0.29, 0.717) is 18.6 Å². The van der Waals surface area contributed by atoms with Gasteiger partial charge in [0.2, 0.25) is 0 Å². The monoisotopic (exact) mass is 354 g/mol. The van der Waals surface area contributed by atoms with E-state index >= 15 is 0 Å². The van der Waals surface area contributed by atoms with Crippen LogP contribution in [0.4, 0.5) is 0 Å². The normalized spacial score (nSPS) is 23.6. The lowest BCUT2D eigenvalue weighted by Crippen LogP contribution is -2.49. The van der Waals surface area contributed by atoms with Crippen molar-refractivity contribution in [2.24, 2.45) is 5.92 Å². The molecule has 0 spiro atoms. The highest BCUT2D eigenvalue weighted by atomic mass is 16.5. The molecule has 1 aromatic carbocycles. The number of benzene rings is 1. The highest BCUT2D eigenvalue weighted by Crippen LogP contribution is 2.31. The van der Waals surface area contributed by atoms with Crippen molar-refractivity contribution in [3.63, 3.8) is 0 Å². The van der Waals surface area contributed by atoms with Gasteiger partial charge in [-0.25, -0.2) is 4.79 Å². The Morgan fingerprint density at radius 2 is 2.00 bits per heavy atom. The molecule has 2 atom stereocenters. The van der Waals surface area contributed by atoms with Gasteiger partial charge in [-0.2, -0.15) is 5.26 Å². The Morgan fingerprint density at radius 3 is 2.73 bits per heavy atom. The lowest BCUT2D eigenvalue weighted by molar-refractivity contribution is -0.141. The molecule has 2 heterocycles. The third-order valence-corrected chi connectivity index (χ3v) is 5.42. The molecular formula is C21H26N2O3. The second kappa shape index (κ2) is 8.86. The molecule has 0 N–H and O–H groups in total. The molecule has 0 bridgehead atoms. The molecule has 138 valence electrons. The van der Waals surface area contributed by atoms with E-state index in [9.17, 15) is 10.1 Å². The van der Waals surface area contributed by atoms with E-state index < -0.39 is 5.97 Å². The van der Waals surface area contributed by atoms with Crippen molar-refractivity contribution in [3.05, 3.63) is 35.4 Å². The number of nitrogens with zero attached hydrogens (tertiary/aromatic N) is 2. The van der Waals surface area contributed by atoms with Crippen molar-refractivity contribution >= 4 is 12.0 Å². The summed E-state index contributed by atoms with van der Waals surface area (Å²) in [6, 6.07) is 9.71. The first-order valence-corrected chi connectivity index (χ1v) is 9.38. The van der Waals surface area contributed by atoms with E-state index in [1.165, 1.54) is 19.3 Å². The van der Waals surface area contributed by atoms with E-state index in [1.54, 1.807) is 25.3 Å². The molecule has 0 aromatic heterocycles. The fourth-order valence-electron chi connectivity index (χ4n) is 4.04. The number of ether oxygens (including phenoxy) is 2. The molecule has 0 aliphatic carbocycles. The molecular weight excluding hydrogens is 328 g/mol. The Balaban J connectivity index is 1.60. The van der Waals surface area contributed by atoms with E-state index in [2.05, 4.69) is 4.90 Å². The highest BCUT2D eigenvalue weighted by molar-refractivity contribution is 5.97. The van der Waals surface area contributed by atoms with Gasteiger partial charge in [0, 0.05) is 12.0 Å². The number of hydrogen-bond donors (Lipinski definition) is 0. The smallest absolute Gasteiger partial charge is 0.348 e. The van der Waals surface area contributed by atoms with Crippen molar-refractivity contribution in [3.8, 4) is 11.8 Å². The van der Waals surface area contributed by atoms with Gasteiger partial charge in [-0.15, -0.1) is 0 Å². The predicted octanol–water partition coefficient (Wildman–Crippen LogP) is 3.41. The summed E-state index contributed by atoms with van der Waals surface area (Å²) in [6.07, 6.45) is 7.53. The van der Waals surface area contributed by atoms with Crippen LogP contribution in [0.2, 0.25) is 0 Å². The standard InChI is InChI=1S/C21H26N2O3/c1-25-19-9-7-16(8-10-19)13-18(14-22)21(24)26-15-17-5-4-12-23-11-3-2-6-20(17)23/h7-10,13,17,20H,2-6,11-12,15H2,1H3/t17-,20+/m0/s1. The van der Waals surface area contributed by atoms with Gasteiger partial charge in [0.05, 0.1) is 13.7 Å². The molecule has 0 amide bonds. The molecule has 3 rings (SSSR count). The maximum absolute atomic E-state index is 12.4. The molecule has 2 aliphatic heterocycles. The average molecular weight is 354 g/mol. The third kappa shape index (κ3) is 4.44. The van der Waals surface area contributed by atoms with Crippen LogP contribution in [0.25, 0.3) is 6.08 Å². The molecule has 2 fully saturated rings. The average Bonchev–Trinajstić information content (AvgIpc) is 2.70. The maximum Gasteiger partial charge on any atom is 0.348 e. The van der Waals surface area contributed by atoms with Gasteiger partial charge in [-0.05, 0) is 62.5 Å². The van der Waals surface area contributed by atoms with Gasteiger partial charge in [0.1, 0.15) is 17.4 Å². The first kappa shape index (κ1) is 18.5. The van der Waals surface area contributed by atoms with Gasteiger partial charge in [0.15, 0.2) is 0 Å². The van der Waals surface area contributed by atoms with Crippen LogP contribution in [0, 0.1) is 17.2 Å². The number of piperidine rings is 2. The number of hydrogen-bond acceptors (Lipinski definition) is 5. The molecule has 2 saturated heterocycles. The second-order valence-electron chi connectivity index (χ2n) is 7.04. The molecule has 0 saturated carbocycles. The fraction of sp³-hybridized carbons (Fsp3) is 0.524. The van der Waals surface area contributed by atoms with E-state index in [1.807, 2.05) is 18.2 Å². The molecule has 26 heavy (non-hydrogen) atoms. The zero-order valence-electron chi connectivity index (χ0n) is 15.3. The van der Waals surface area contributed by atoms with Crippen LogP contribution in [0.3, 0.4) is 0 Å². The predicted molar refractivity (Wildman–Crippen MR) is 99.5 cm³/mol. The van der Waals surface area contributed by atoms with Gasteiger partial charge >= 0.3 is 5.97 Å². The lowest BCUT2D eigenvalue weighted by atomic mass is 9.84. The van der Waals surface area contributed by atoms with Crippen molar-refractivity contribution < 1.29 is 14.3 Å². The number of carbonyl (C=O) groups is 1. The van der Waals surface area contributed by atoms with Crippen LogP contribution in [0.1, 0.15) is 37.7 Å². The Morgan fingerprint density at radius 1 is 1.23 bits per heavy atom. The zero-order valence-corrected chi connectivity index (χ0v) is 15.3. The quantitative estimate of drug-likeness (QED) is 0.461. The van der Waals surface area contributed by atoms with Crippen molar-refractivity contribution in [2.45, 2.75) is 38.1 Å². The molecule has 5 nitrogen and oxygen atoms in total. The van der Waals surface area contributed by atoms with Crippen LogP contribution in [0.5, 0.6) is 5.75 Å². The number of methoxy groups -OCH3 is 1. The van der Waals surface area contributed by atoms with Crippen LogP contribution in [0.15, 0.2) is 29.8 Å². The van der Waals surface area contributed by atoms with Crippen LogP contribution >= 0.6 is 0 Å². The van der Waals surface area contributed by atoms with Crippen LogP contribution in [-0.2, 0) is 9.53 Å². The molecule has 5 heteroatoms. The summed E-state index contributed by atoms with van der Waals surface area (Å²) < 4.78 is 10.6. The summed E-state index contributed by atoms with van der Waals surface area (Å²) in [4.78, 5) is 14.9. The molecule has 0 radical (unpaired) electrons. The maximum atomic E-state index is 12.4.